The number of nitrogens with zero attached hydrogens (tertiary/aromatic N) is 5. The van der Waals surface area contributed by atoms with Crippen LogP contribution in [0.1, 0.15) is 58.6 Å². The molecule has 1 unspecified atom stereocenters. The van der Waals surface area contributed by atoms with Gasteiger partial charge in [-0.05, 0) is 52.7 Å². The van der Waals surface area contributed by atoms with Gasteiger partial charge in [-0.25, -0.2) is 19.7 Å². The van der Waals surface area contributed by atoms with E-state index in [2.05, 4.69) is 20.2 Å². The predicted octanol–water partition coefficient (Wildman–Crippen LogP) is 5.18. The first kappa shape index (κ1) is 29.5. The fourth-order valence-electron chi connectivity index (χ4n) is 4.26. The number of esters is 1. The number of rotatable bonds is 10. The van der Waals surface area contributed by atoms with Gasteiger partial charge in [0, 0.05) is 38.3 Å². The maximum Gasteiger partial charge on any atom is 0.415 e. The highest BCUT2D eigenvalue weighted by Crippen LogP contribution is 2.34. The van der Waals surface area contributed by atoms with Gasteiger partial charge >= 0.3 is 12.1 Å². The van der Waals surface area contributed by atoms with Gasteiger partial charge in [0.05, 0.1) is 36.2 Å². The quantitative estimate of drug-likeness (QED) is 0.258. The lowest BCUT2D eigenvalue weighted by molar-refractivity contribution is -0.143. The number of pyridine rings is 1. The van der Waals surface area contributed by atoms with Crippen molar-refractivity contribution in [1.29, 1.82) is 0 Å². The molecule has 11 nitrogen and oxygen atoms in total. The monoisotopic (exact) mass is 570 g/mol. The lowest BCUT2D eigenvalue weighted by Crippen LogP contribution is -2.39. The summed E-state index contributed by atoms with van der Waals surface area (Å²) in [7, 11) is 1.84. The molecule has 12 heteroatoms. The Morgan fingerprint density at radius 3 is 2.75 bits per heavy atom. The SMILES string of the molecule is CCOC(=O)CCCCN(C(=O)OC(C)(C)C)c1cc2nc(N3CCOC(c4ccc(NC)nc4)C3)ncc2s1. The van der Waals surface area contributed by atoms with Crippen LogP contribution in [0.5, 0.6) is 0 Å². The fraction of sp³-hybridized carbons (Fsp3) is 0.536. The van der Waals surface area contributed by atoms with E-state index >= 15 is 0 Å². The van der Waals surface area contributed by atoms with Crippen LogP contribution in [-0.4, -0.2) is 72.5 Å². The van der Waals surface area contributed by atoms with Crippen molar-refractivity contribution in [1.82, 2.24) is 15.0 Å². The average molecular weight is 571 g/mol. The summed E-state index contributed by atoms with van der Waals surface area (Å²) in [5.41, 5.74) is 1.12. The Balaban J connectivity index is 1.50. The van der Waals surface area contributed by atoms with E-state index in [1.54, 1.807) is 18.0 Å². The maximum absolute atomic E-state index is 13.1. The molecule has 1 aliphatic rings. The van der Waals surface area contributed by atoms with Crippen LogP contribution in [0.2, 0.25) is 0 Å². The largest absolute Gasteiger partial charge is 0.466 e. The number of hydrogen-bond acceptors (Lipinski definition) is 11. The van der Waals surface area contributed by atoms with Crippen LogP contribution >= 0.6 is 11.3 Å². The van der Waals surface area contributed by atoms with Crippen molar-refractivity contribution >= 4 is 50.4 Å². The van der Waals surface area contributed by atoms with Crippen molar-refractivity contribution in [2.75, 3.05) is 55.0 Å². The molecule has 1 atom stereocenters. The smallest absolute Gasteiger partial charge is 0.415 e. The summed E-state index contributed by atoms with van der Waals surface area (Å²) in [6, 6.07) is 5.85. The summed E-state index contributed by atoms with van der Waals surface area (Å²) in [6.07, 6.45) is 4.61. The van der Waals surface area contributed by atoms with E-state index in [1.807, 2.05) is 52.2 Å². The van der Waals surface area contributed by atoms with E-state index in [4.69, 9.17) is 19.2 Å². The van der Waals surface area contributed by atoms with Crippen LogP contribution in [0.25, 0.3) is 10.2 Å². The average Bonchev–Trinajstić information content (AvgIpc) is 3.35. The zero-order valence-electron chi connectivity index (χ0n) is 23.8. The molecule has 1 fully saturated rings. The minimum absolute atomic E-state index is 0.137. The first-order valence-corrected chi connectivity index (χ1v) is 14.4. The van der Waals surface area contributed by atoms with E-state index in [-0.39, 0.29) is 12.1 Å². The Labute approximate surface area is 238 Å². The standard InChI is InChI=1S/C28H38N6O5S/c1-6-37-25(35)9-7-8-12-34(27(36)39-28(2,3)4)24-15-20-22(40-24)17-31-26(32-20)33-13-14-38-21(18-33)19-10-11-23(29-5)30-16-19/h10-11,15-17,21H,6-9,12-14,18H2,1-5H3,(H,29,30). The van der Waals surface area contributed by atoms with Crippen molar-refractivity contribution < 1.29 is 23.8 Å². The number of carbonyl (C=O) groups excluding carboxylic acids is 2. The van der Waals surface area contributed by atoms with Gasteiger partial charge in [-0.2, -0.15) is 0 Å². The summed E-state index contributed by atoms with van der Waals surface area (Å²) in [5, 5.41) is 3.75. The van der Waals surface area contributed by atoms with Crippen molar-refractivity contribution in [3.63, 3.8) is 0 Å². The number of anilines is 3. The molecule has 0 spiro atoms. The summed E-state index contributed by atoms with van der Waals surface area (Å²) in [6.45, 7) is 9.90. The van der Waals surface area contributed by atoms with Gasteiger partial charge in [0.2, 0.25) is 5.95 Å². The summed E-state index contributed by atoms with van der Waals surface area (Å²) in [5.74, 6) is 1.19. The Hall–Kier alpha value is -3.51. The van der Waals surface area contributed by atoms with Crippen LogP contribution < -0.4 is 15.1 Å². The van der Waals surface area contributed by atoms with Crippen LogP contribution in [-0.2, 0) is 19.0 Å². The zero-order chi connectivity index (χ0) is 28.7. The molecular formula is C28H38N6O5S. The molecular weight excluding hydrogens is 532 g/mol. The van der Waals surface area contributed by atoms with Crippen LogP contribution in [0, 0.1) is 0 Å². The number of aromatic nitrogens is 3. The normalized spacial score (nSPS) is 15.6. The molecule has 1 amide bonds. The third-order valence-electron chi connectivity index (χ3n) is 6.21. The van der Waals surface area contributed by atoms with Gasteiger partial charge < -0.3 is 24.4 Å². The van der Waals surface area contributed by atoms with Gasteiger partial charge in [-0.15, -0.1) is 11.3 Å². The van der Waals surface area contributed by atoms with E-state index < -0.39 is 11.7 Å². The highest BCUT2D eigenvalue weighted by molar-refractivity contribution is 7.22. The summed E-state index contributed by atoms with van der Waals surface area (Å²) < 4.78 is 17.6. The Bertz CT molecular complexity index is 1290. The number of nitrogens with one attached hydrogen (secondary N) is 1. The van der Waals surface area contributed by atoms with Crippen LogP contribution in [0.3, 0.4) is 0 Å². The number of morpholine rings is 1. The lowest BCUT2D eigenvalue weighted by atomic mass is 10.1. The molecule has 0 aliphatic carbocycles. The van der Waals surface area contributed by atoms with E-state index in [0.29, 0.717) is 58.1 Å². The van der Waals surface area contributed by atoms with Crippen molar-refractivity contribution in [2.24, 2.45) is 0 Å². The third kappa shape index (κ3) is 7.79. The summed E-state index contributed by atoms with van der Waals surface area (Å²) >= 11 is 1.44. The number of fused-ring (bicyclic) bond motifs is 1. The molecule has 0 bridgehead atoms. The van der Waals surface area contributed by atoms with E-state index in [0.717, 1.165) is 26.6 Å². The van der Waals surface area contributed by atoms with Gasteiger partial charge in [-0.1, -0.05) is 6.07 Å². The minimum atomic E-state index is -0.639. The number of thiophene rings is 1. The molecule has 4 rings (SSSR count). The predicted molar refractivity (Wildman–Crippen MR) is 156 cm³/mol. The molecule has 0 radical (unpaired) electrons. The molecule has 3 aromatic heterocycles. The van der Waals surface area contributed by atoms with Crippen LogP contribution in [0.4, 0.5) is 21.6 Å². The molecule has 4 heterocycles. The van der Waals surface area contributed by atoms with Gasteiger partial charge in [0.15, 0.2) is 0 Å². The second-order valence-electron chi connectivity index (χ2n) is 10.4. The molecule has 3 aromatic rings. The van der Waals surface area contributed by atoms with Crippen LogP contribution in [0.15, 0.2) is 30.6 Å². The second kappa shape index (κ2) is 13.2. The molecule has 216 valence electrons. The first-order chi connectivity index (χ1) is 19.2. The van der Waals surface area contributed by atoms with Gasteiger partial charge in [0.25, 0.3) is 0 Å². The highest BCUT2D eigenvalue weighted by atomic mass is 32.1. The minimum Gasteiger partial charge on any atom is -0.466 e. The third-order valence-corrected chi connectivity index (χ3v) is 7.29. The van der Waals surface area contributed by atoms with Crippen molar-refractivity contribution in [2.45, 2.75) is 58.7 Å². The van der Waals surface area contributed by atoms with Crippen molar-refractivity contribution in [3.8, 4) is 0 Å². The van der Waals surface area contributed by atoms with Gasteiger partial charge in [0.1, 0.15) is 22.5 Å². The zero-order valence-corrected chi connectivity index (χ0v) is 24.6. The Kier molecular flexibility index (Phi) is 9.75. The molecule has 0 aromatic carbocycles. The number of hydrogen-bond donors (Lipinski definition) is 1. The number of carbonyl (C=O) groups is 2. The van der Waals surface area contributed by atoms with E-state index in [1.165, 1.54) is 11.3 Å². The van der Waals surface area contributed by atoms with Crippen molar-refractivity contribution in [3.05, 3.63) is 36.2 Å². The molecule has 0 saturated carbocycles. The number of amides is 1. The summed E-state index contributed by atoms with van der Waals surface area (Å²) in [4.78, 5) is 42.5. The molecule has 1 N–H and O–H groups in total. The molecule has 1 aliphatic heterocycles. The second-order valence-corrected chi connectivity index (χ2v) is 11.5. The first-order valence-electron chi connectivity index (χ1n) is 13.6. The number of unbranched alkanes of at least 4 members (excludes halogenated alkanes) is 1. The fourth-order valence-corrected chi connectivity index (χ4v) is 5.24. The molecule has 40 heavy (non-hydrogen) atoms. The maximum atomic E-state index is 13.1. The molecule has 1 saturated heterocycles. The topological polar surface area (TPSA) is 119 Å². The van der Waals surface area contributed by atoms with E-state index in [9.17, 15) is 9.59 Å². The Morgan fingerprint density at radius 2 is 2.05 bits per heavy atom. The number of ether oxygens (including phenoxy) is 3. The van der Waals surface area contributed by atoms with Gasteiger partial charge in [-0.3, -0.25) is 9.69 Å². The Morgan fingerprint density at radius 1 is 1.23 bits per heavy atom. The highest BCUT2D eigenvalue weighted by Gasteiger charge is 2.27. The lowest BCUT2D eigenvalue weighted by Gasteiger charge is -2.33.